The topological polar surface area (TPSA) is 62.3 Å². The molecule has 1 aliphatic rings. The Hall–Kier alpha value is -1.81. The number of benzene rings is 1. The van der Waals surface area contributed by atoms with Crippen molar-refractivity contribution in [3.8, 4) is 0 Å². The summed E-state index contributed by atoms with van der Waals surface area (Å²) in [6.45, 7) is 2.01. The lowest BCUT2D eigenvalue weighted by Gasteiger charge is -2.12. The lowest BCUT2D eigenvalue weighted by atomic mass is 9.94. The van der Waals surface area contributed by atoms with Crippen LogP contribution in [0.1, 0.15) is 42.7 Å². The van der Waals surface area contributed by atoms with Gasteiger partial charge in [-0.2, -0.15) is 0 Å². The maximum Gasteiger partial charge on any atom is 0.339 e. The van der Waals surface area contributed by atoms with Gasteiger partial charge in [-0.05, 0) is 55.9 Å². The molecule has 0 saturated heterocycles. The highest BCUT2D eigenvalue weighted by Gasteiger charge is 2.21. The van der Waals surface area contributed by atoms with E-state index in [9.17, 15) is 9.90 Å². The largest absolute Gasteiger partial charge is 0.464 e. The number of ether oxygens (including phenoxy) is 1. The zero-order valence-corrected chi connectivity index (χ0v) is 11.6. The average molecular weight is 273 g/mol. The van der Waals surface area contributed by atoms with E-state index < -0.39 is 12.1 Å². The van der Waals surface area contributed by atoms with Crippen molar-refractivity contribution in [1.82, 2.24) is 4.98 Å². The smallest absolute Gasteiger partial charge is 0.339 e. The molecule has 1 unspecified atom stereocenters. The van der Waals surface area contributed by atoms with Crippen molar-refractivity contribution in [3.05, 3.63) is 35.0 Å². The van der Waals surface area contributed by atoms with Gasteiger partial charge in [-0.25, -0.2) is 4.79 Å². The molecule has 1 atom stereocenters. The lowest BCUT2D eigenvalue weighted by molar-refractivity contribution is -0.153. The minimum Gasteiger partial charge on any atom is -0.464 e. The summed E-state index contributed by atoms with van der Waals surface area (Å²) in [6.07, 6.45) is 3.37. The molecule has 4 nitrogen and oxygen atoms in total. The number of nitrogens with one attached hydrogen (secondary N) is 1. The second kappa shape index (κ2) is 5.29. The molecule has 0 saturated carbocycles. The average Bonchev–Trinajstić information content (AvgIpc) is 2.84. The molecule has 0 amide bonds. The number of carbonyl (C=O) groups excluding carboxylic acids is 1. The Balaban J connectivity index is 1.99. The first-order valence-electron chi connectivity index (χ1n) is 7.18. The molecule has 0 radical (unpaired) electrons. The van der Waals surface area contributed by atoms with Crippen LogP contribution in [0.25, 0.3) is 10.9 Å². The van der Waals surface area contributed by atoms with Gasteiger partial charge in [-0.3, -0.25) is 0 Å². The highest BCUT2D eigenvalue weighted by Crippen LogP contribution is 2.31. The van der Waals surface area contributed by atoms with E-state index in [0.29, 0.717) is 5.56 Å². The fraction of sp³-hybridized carbons (Fsp3) is 0.438. The van der Waals surface area contributed by atoms with Gasteiger partial charge in [0.25, 0.3) is 0 Å². The van der Waals surface area contributed by atoms with E-state index in [2.05, 4.69) is 4.98 Å². The van der Waals surface area contributed by atoms with E-state index in [1.807, 2.05) is 12.1 Å². The number of aliphatic hydroxyl groups is 1. The van der Waals surface area contributed by atoms with Crippen LogP contribution in [-0.2, 0) is 22.4 Å². The van der Waals surface area contributed by atoms with E-state index in [4.69, 9.17) is 4.74 Å². The Morgan fingerprint density at radius 1 is 1.40 bits per heavy atom. The van der Waals surface area contributed by atoms with Crippen LogP contribution in [-0.4, -0.2) is 22.7 Å². The summed E-state index contributed by atoms with van der Waals surface area (Å²) in [5.41, 5.74) is 4.32. The lowest BCUT2D eigenvalue weighted by Crippen LogP contribution is -2.15. The Labute approximate surface area is 117 Å². The number of rotatable bonds is 3. The van der Waals surface area contributed by atoms with E-state index in [0.717, 1.165) is 23.7 Å². The summed E-state index contributed by atoms with van der Waals surface area (Å²) >= 11 is 0. The SMILES string of the molecule is CCOC(=O)C(O)c1ccc2[nH]c3c(c2c1)CCCC3. The minimum absolute atomic E-state index is 0.275. The maximum atomic E-state index is 11.6. The number of hydrogen-bond acceptors (Lipinski definition) is 3. The third-order valence-corrected chi connectivity index (χ3v) is 3.95. The number of carbonyl (C=O) groups is 1. The predicted molar refractivity (Wildman–Crippen MR) is 76.5 cm³/mol. The highest BCUT2D eigenvalue weighted by molar-refractivity contribution is 5.87. The summed E-state index contributed by atoms with van der Waals surface area (Å²) in [5, 5.41) is 11.2. The van der Waals surface area contributed by atoms with Gasteiger partial charge >= 0.3 is 5.97 Å². The number of aliphatic hydroxyl groups excluding tert-OH is 1. The van der Waals surface area contributed by atoms with Gasteiger partial charge in [0.05, 0.1) is 6.61 Å². The molecule has 1 aliphatic carbocycles. The normalized spacial score (nSPS) is 15.9. The molecule has 4 heteroatoms. The first-order valence-corrected chi connectivity index (χ1v) is 7.18. The molecule has 2 N–H and O–H groups in total. The van der Waals surface area contributed by atoms with E-state index in [1.54, 1.807) is 13.0 Å². The molecule has 0 fully saturated rings. The van der Waals surface area contributed by atoms with E-state index in [1.165, 1.54) is 24.1 Å². The summed E-state index contributed by atoms with van der Waals surface area (Å²) in [6, 6.07) is 5.63. The number of fused-ring (bicyclic) bond motifs is 3. The van der Waals surface area contributed by atoms with E-state index >= 15 is 0 Å². The quantitative estimate of drug-likeness (QED) is 0.845. The molecule has 0 aliphatic heterocycles. The highest BCUT2D eigenvalue weighted by atomic mass is 16.5. The van der Waals surface area contributed by atoms with E-state index in [-0.39, 0.29) is 6.61 Å². The Morgan fingerprint density at radius 3 is 3.00 bits per heavy atom. The summed E-state index contributed by atoms with van der Waals surface area (Å²) in [7, 11) is 0. The first kappa shape index (κ1) is 13.2. The number of aromatic amines is 1. The second-order valence-electron chi connectivity index (χ2n) is 5.25. The molecule has 0 spiro atoms. The third-order valence-electron chi connectivity index (χ3n) is 3.95. The fourth-order valence-corrected chi connectivity index (χ4v) is 2.95. The van der Waals surface area contributed by atoms with Crippen LogP contribution in [0.15, 0.2) is 18.2 Å². The molecule has 3 rings (SSSR count). The van der Waals surface area contributed by atoms with Crippen LogP contribution in [0.5, 0.6) is 0 Å². The molecule has 106 valence electrons. The standard InChI is InChI=1S/C16H19NO3/c1-2-20-16(19)15(18)10-7-8-14-12(9-10)11-5-3-4-6-13(11)17-14/h7-9,15,17-18H,2-6H2,1H3. The number of hydrogen-bond donors (Lipinski definition) is 2. The summed E-state index contributed by atoms with van der Waals surface area (Å²) in [4.78, 5) is 15.1. The van der Waals surface area contributed by atoms with Crippen LogP contribution in [0.2, 0.25) is 0 Å². The zero-order valence-electron chi connectivity index (χ0n) is 11.6. The monoisotopic (exact) mass is 273 g/mol. The minimum atomic E-state index is -1.20. The Morgan fingerprint density at radius 2 is 2.20 bits per heavy atom. The molecule has 20 heavy (non-hydrogen) atoms. The molecule has 1 aromatic carbocycles. The van der Waals surface area contributed by atoms with Crippen molar-refractivity contribution in [3.63, 3.8) is 0 Å². The van der Waals surface area contributed by atoms with Crippen LogP contribution in [0.3, 0.4) is 0 Å². The fourth-order valence-electron chi connectivity index (χ4n) is 2.95. The number of H-pyrrole nitrogens is 1. The summed E-state index contributed by atoms with van der Waals surface area (Å²) in [5.74, 6) is -0.587. The van der Waals surface area contributed by atoms with Gasteiger partial charge in [-0.1, -0.05) is 6.07 Å². The second-order valence-corrected chi connectivity index (χ2v) is 5.25. The van der Waals surface area contributed by atoms with Gasteiger partial charge in [0.1, 0.15) is 0 Å². The van der Waals surface area contributed by atoms with Crippen molar-refractivity contribution in [1.29, 1.82) is 0 Å². The van der Waals surface area contributed by atoms with Crippen molar-refractivity contribution in [2.75, 3.05) is 6.61 Å². The first-order chi connectivity index (χ1) is 9.70. The van der Waals surface area contributed by atoms with Crippen molar-refractivity contribution < 1.29 is 14.6 Å². The van der Waals surface area contributed by atoms with Crippen LogP contribution >= 0.6 is 0 Å². The van der Waals surface area contributed by atoms with Crippen molar-refractivity contribution in [2.24, 2.45) is 0 Å². The van der Waals surface area contributed by atoms with Crippen LogP contribution in [0, 0.1) is 0 Å². The summed E-state index contributed by atoms with van der Waals surface area (Å²) < 4.78 is 4.87. The van der Waals surface area contributed by atoms with Gasteiger partial charge in [0.2, 0.25) is 0 Å². The van der Waals surface area contributed by atoms with Crippen LogP contribution < -0.4 is 0 Å². The number of aromatic nitrogens is 1. The molecular formula is C16H19NO3. The number of aryl methyl sites for hydroxylation is 2. The molecular weight excluding hydrogens is 254 g/mol. The zero-order chi connectivity index (χ0) is 14.1. The molecule has 1 aromatic heterocycles. The third kappa shape index (κ3) is 2.20. The Kier molecular flexibility index (Phi) is 3.49. The van der Waals surface area contributed by atoms with Gasteiger partial charge < -0.3 is 14.8 Å². The predicted octanol–water partition coefficient (Wildman–Crippen LogP) is 2.64. The molecule has 2 aromatic rings. The molecule has 0 bridgehead atoms. The molecule has 1 heterocycles. The number of esters is 1. The van der Waals surface area contributed by atoms with Crippen molar-refractivity contribution in [2.45, 2.75) is 38.7 Å². The van der Waals surface area contributed by atoms with Gasteiger partial charge in [0, 0.05) is 16.6 Å². The maximum absolute atomic E-state index is 11.6. The van der Waals surface area contributed by atoms with Gasteiger partial charge in [0.15, 0.2) is 6.10 Å². The van der Waals surface area contributed by atoms with Crippen LogP contribution in [0.4, 0.5) is 0 Å². The Bertz CT molecular complexity index is 644. The van der Waals surface area contributed by atoms with Crippen molar-refractivity contribution >= 4 is 16.9 Å². The van der Waals surface area contributed by atoms with Gasteiger partial charge in [-0.15, -0.1) is 0 Å².